The van der Waals surface area contributed by atoms with E-state index >= 15 is 0 Å². The molecule has 9 heavy (non-hydrogen) atoms. The third kappa shape index (κ3) is 7.08. The molecule has 0 N–H and O–H groups in total. The highest BCUT2D eigenvalue weighted by Crippen LogP contribution is 1.86. The Labute approximate surface area is 57.3 Å². The van der Waals surface area contributed by atoms with E-state index in [9.17, 15) is 0 Å². The van der Waals surface area contributed by atoms with Gasteiger partial charge in [0.1, 0.15) is 0 Å². The second-order valence-electron chi connectivity index (χ2n) is 1.77. The molecule has 0 aliphatic carbocycles. The minimum atomic E-state index is 0.695. The molecule has 48 valence electrons. The van der Waals surface area contributed by atoms with Gasteiger partial charge < -0.3 is 0 Å². The van der Waals surface area contributed by atoms with Gasteiger partial charge in [0.15, 0.2) is 0 Å². The molecule has 0 aliphatic rings. The lowest BCUT2D eigenvalue weighted by Crippen LogP contribution is -1.56. The predicted molar refractivity (Wildman–Crippen MR) is 41.0 cm³/mol. The quantitative estimate of drug-likeness (QED) is 0.396. The first kappa shape index (κ1) is 8.08. The average Bonchev–Trinajstić information content (AvgIpc) is 1.89. The Kier molecular flexibility index (Phi) is 6.36. The summed E-state index contributed by atoms with van der Waals surface area (Å²) in [7, 11) is 0. The van der Waals surface area contributed by atoms with Crippen LogP contribution in [0.2, 0.25) is 0 Å². The molecule has 0 saturated heterocycles. The van der Waals surface area contributed by atoms with Crippen LogP contribution in [0.1, 0.15) is 26.2 Å². The minimum Gasteiger partial charge on any atom is -0.129 e. The fourth-order valence-corrected chi connectivity index (χ4v) is 0.429. The van der Waals surface area contributed by atoms with Crippen molar-refractivity contribution >= 4 is 0 Å². The Balaban J connectivity index is 3.32. The summed E-state index contributed by atoms with van der Waals surface area (Å²) in [4.78, 5) is 0. The Hall–Kier alpha value is -0.920. The second kappa shape index (κ2) is 7.08. The SMILES string of the molecule is C#CCC=C=CCCC. The molecule has 0 bridgehead atoms. The number of terminal acetylenes is 1. The van der Waals surface area contributed by atoms with Gasteiger partial charge in [-0.15, -0.1) is 18.1 Å². The van der Waals surface area contributed by atoms with Gasteiger partial charge in [0.25, 0.3) is 0 Å². The molecule has 0 atom stereocenters. The molecule has 0 amide bonds. The first-order chi connectivity index (χ1) is 4.41. The van der Waals surface area contributed by atoms with Gasteiger partial charge in [-0.2, -0.15) is 0 Å². The molecule has 0 aliphatic heterocycles. The van der Waals surface area contributed by atoms with Crippen LogP contribution in [0.5, 0.6) is 0 Å². The lowest BCUT2D eigenvalue weighted by atomic mass is 10.3. The summed E-state index contributed by atoms with van der Waals surface area (Å²) in [6.45, 7) is 2.14. The van der Waals surface area contributed by atoms with Crippen molar-refractivity contribution in [2.75, 3.05) is 0 Å². The minimum absolute atomic E-state index is 0.695. The average molecular weight is 120 g/mol. The molecule has 0 heteroatoms. The normalized spacial score (nSPS) is 7.11. The maximum absolute atomic E-state index is 5.01. The molecule has 0 aromatic carbocycles. The molecule has 0 fully saturated rings. The van der Waals surface area contributed by atoms with Gasteiger partial charge >= 0.3 is 0 Å². The van der Waals surface area contributed by atoms with Crippen LogP contribution in [0.3, 0.4) is 0 Å². The number of unbranched alkanes of at least 4 members (excludes halogenated alkanes) is 1. The summed E-state index contributed by atoms with van der Waals surface area (Å²) < 4.78 is 0. The molecule has 0 aromatic heterocycles. The lowest BCUT2D eigenvalue weighted by Gasteiger charge is -1.75. The van der Waals surface area contributed by atoms with Crippen molar-refractivity contribution in [3.63, 3.8) is 0 Å². The zero-order valence-electron chi connectivity index (χ0n) is 5.85. The van der Waals surface area contributed by atoms with E-state index in [1.165, 1.54) is 6.42 Å². The first-order valence-electron chi connectivity index (χ1n) is 3.24. The van der Waals surface area contributed by atoms with Crippen LogP contribution in [-0.4, -0.2) is 0 Å². The maximum Gasteiger partial charge on any atom is 0.0342 e. The second-order valence-corrected chi connectivity index (χ2v) is 1.77. The third-order valence-corrected chi connectivity index (χ3v) is 0.889. The highest BCUT2D eigenvalue weighted by atomic mass is 13.7. The van der Waals surface area contributed by atoms with E-state index in [1.54, 1.807) is 0 Å². The Morgan fingerprint density at radius 3 is 2.78 bits per heavy atom. The first-order valence-corrected chi connectivity index (χ1v) is 3.24. The highest BCUT2D eigenvalue weighted by molar-refractivity contribution is 4.96. The van der Waals surface area contributed by atoms with Gasteiger partial charge in [-0.1, -0.05) is 13.3 Å². The lowest BCUT2D eigenvalue weighted by molar-refractivity contribution is 0.960. The van der Waals surface area contributed by atoms with Crippen molar-refractivity contribution in [1.82, 2.24) is 0 Å². The van der Waals surface area contributed by atoms with E-state index in [0.29, 0.717) is 6.42 Å². The van der Waals surface area contributed by atoms with E-state index in [0.717, 1.165) is 6.42 Å². The molecule has 0 radical (unpaired) electrons. The van der Waals surface area contributed by atoms with Crippen LogP contribution in [0.25, 0.3) is 0 Å². The molecule has 0 spiro atoms. The smallest absolute Gasteiger partial charge is 0.0342 e. The van der Waals surface area contributed by atoms with Crippen LogP contribution in [0.15, 0.2) is 17.9 Å². The van der Waals surface area contributed by atoms with E-state index in [4.69, 9.17) is 6.42 Å². The van der Waals surface area contributed by atoms with Gasteiger partial charge in [-0.3, -0.25) is 0 Å². The van der Waals surface area contributed by atoms with Crippen LogP contribution >= 0.6 is 0 Å². The number of rotatable bonds is 3. The molecular formula is C9H12. The largest absolute Gasteiger partial charge is 0.129 e. The van der Waals surface area contributed by atoms with Gasteiger partial charge in [0.05, 0.1) is 0 Å². The zero-order chi connectivity index (χ0) is 6.95. The van der Waals surface area contributed by atoms with Gasteiger partial charge in [-0.05, 0) is 18.6 Å². The third-order valence-electron chi connectivity index (χ3n) is 0.889. The van der Waals surface area contributed by atoms with Gasteiger partial charge in [-0.25, -0.2) is 0 Å². The van der Waals surface area contributed by atoms with Crippen molar-refractivity contribution in [3.8, 4) is 12.3 Å². The Bertz CT molecular complexity index is 140. The summed E-state index contributed by atoms with van der Waals surface area (Å²) in [6.07, 6.45) is 11.9. The summed E-state index contributed by atoms with van der Waals surface area (Å²) >= 11 is 0. The van der Waals surface area contributed by atoms with E-state index in [2.05, 4.69) is 18.6 Å². The summed E-state index contributed by atoms with van der Waals surface area (Å²) in [5.41, 5.74) is 2.99. The topological polar surface area (TPSA) is 0 Å². The Morgan fingerprint density at radius 1 is 1.44 bits per heavy atom. The number of allylic oxidation sites excluding steroid dienone is 1. The maximum atomic E-state index is 5.01. The highest BCUT2D eigenvalue weighted by Gasteiger charge is 1.67. The number of hydrogen-bond donors (Lipinski definition) is 0. The van der Waals surface area contributed by atoms with Crippen molar-refractivity contribution in [2.24, 2.45) is 0 Å². The number of hydrogen-bond acceptors (Lipinski definition) is 0. The zero-order valence-corrected chi connectivity index (χ0v) is 5.85. The summed E-state index contributed by atoms with van der Waals surface area (Å²) in [5.74, 6) is 2.51. The Morgan fingerprint density at radius 2 is 2.22 bits per heavy atom. The predicted octanol–water partition coefficient (Wildman–Crippen LogP) is 2.52. The van der Waals surface area contributed by atoms with Crippen LogP contribution in [0, 0.1) is 12.3 Å². The summed E-state index contributed by atoms with van der Waals surface area (Å²) in [5, 5.41) is 0. The monoisotopic (exact) mass is 120 g/mol. The molecule has 0 rings (SSSR count). The van der Waals surface area contributed by atoms with Crippen molar-refractivity contribution in [3.05, 3.63) is 17.9 Å². The van der Waals surface area contributed by atoms with E-state index in [-0.39, 0.29) is 0 Å². The molecule has 0 aromatic rings. The van der Waals surface area contributed by atoms with E-state index in [1.807, 2.05) is 12.2 Å². The van der Waals surface area contributed by atoms with Crippen molar-refractivity contribution < 1.29 is 0 Å². The fraction of sp³-hybridized carbons (Fsp3) is 0.444. The summed E-state index contributed by atoms with van der Waals surface area (Å²) in [6, 6.07) is 0. The molecular weight excluding hydrogens is 108 g/mol. The van der Waals surface area contributed by atoms with Crippen molar-refractivity contribution in [2.45, 2.75) is 26.2 Å². The standard InChI is InChI=1S/C9H12/c1-3-5-7-9-8-6-4-2/h1,7-8H,4-6H2,2H3. The van der Waals surface area contributed by atoms with Gasteiger partial charge in [0.2, 0.25) is 0 Å². The molecule has 0 nitrogen and oxygen atoms in total. The van der Waals surface area contributed by atoms with Crippen LogP contribution in [-0.2, 0) is 0 Å². The van der Waals surface area contributed by atoms with Crippen LogP contribution in [0.4, 0.5) is 0 Å². The van der Waals surface area contributed by atoms with Gasteiger partial charge in [0, 0.05) is 6.42 Å². The fourth-order valence-electron chi connectivity index (χ4n) is 0.429. The molecule has 0 unspecified atom stereocenters. The molecule has 0 heterocycles. The van der Waals surface area contributed by atoms with Crippen LogP contribution < -0.4 is 0 Å². The van der Waals surface area contributed by atoms with Crippen molar-refractivity contribution in [1.29, 1.82) is 0 Å². The molecule has 0 saturated carbocycles. The van der Waals surface area contributed by atoms with E-state index < -0.39 is 0 Å².